The number of likely N-dealkylation sites (tertiary alicyclic amines) is 1. The van der Waals surface area contributed by atoms with E-state index in [-0.39, 0.29) is 17.7 Å². The van der Waals surface area contributed by atoms with E-state index in [1.165, 1.54) is 38.5 Å². The van der Waals surface area contributed by atoms with Crippen molar-refractivity contribution < 1.29 is 9.59 Å². The van der Waals surface area contributed by atoms with Gasteiger partial charge < -0.3 is 10.2 Å². The quantitative estimate of drug-likeness (QED) is 0.869. The molecule has 4 bridgehead atoms. The van der Waals surface area contributed by atoms with E-state index in [9.17, 15) is 9.59 Å². The van der Waals surface area contributed by atoms with Gasteiger partial charge in [0, 0.05) is 32.5 Å². The van der Waals surface area contributed by atoms with E-state index in [1.54, 1.807) is 6.92 Å². The van der Waals surface area contributed by atoms with Crippen molar-refractivity contribution in [3.8, 4) is 0 Å². The van der Waals surface area contributed by atoms with Crippen LogP contribution in [-0.4, -0.2) is 36.3 Å². The van der Waals surface area contributed by atoms with Crippen molar-refractivity contribution >= 4 is 11.8 Å². The zero-order valence-corrected chi connectivity index (χ0v) is 14.4. The first-order valence-electron chi connectivity index (χ1n) is 9.56. The Labute approximate surface area is 139 Å². The van der Waals surface area contributed by atoms with E-state index in [1.807, 2.05) is 4.90 Å². The highest BCUT2D eigenvalue weighted by Crippen LogP contribution is 2.59. The van der Waals surface area contributed by atoms with Crippen LogP contribution in [0.5, 0.6) is 0 Å². The van der Waals surface area contributed by atoms with E-state index in [0.717, 1.165) is 50.2 Å². The normalized spacial score (nSPS) is 39.5. The number of rotatable bonds is 3. The second-order valence-electron chi connectivity index (χ2n) is 8.92. The van der Waals surface area contributed by atoms with Gasteiger partial charge in [0.05, 0.1) is 0 Å². The Morgan fingerprint density at radius 1 is 1.00 bits per heavy atom. The zero-order chi connectivity index (χ0) is 16.0. The van der Waals surface area contributed by atoms with Gasteiger partial charge in [0.2, 0.25) is 11.8 Å². The lowest BCUT2D eigenvalue weighted by Crippen LogP contribution is -2.52. The molecule has 1 saturated heterocycles. The summed E-state index contributed by atoms with van der Waals surface area (Å²) in [5, 5.41) is 3.31. The lowest BCUT2D eigenvalue weighted by atomic mass is 9.49. The Balaban J connectivity index is 1.30. The summed E-state index contributed by atoms with van der Waals surface area (Å²) < 4.78 is 0. The molecule has 128 valence electrons. The van der Waals surface area contributed by atoms with Gasteiger partial charge in [-0.15, -0.1) is 0 Å². The zero-order valence-electron chi connectivity index (χ0n) is 14.4. The van der Waals surface area contributed by atoms with Gasteiger partial charge in [-0.25, -0.2) is 0 Å². The predicted octanol–water partition coefficient (Wildman–Crippen LogP) is 2.58. The lowest BCUT2D eigenvalue weighted by molar-refractivity contribution is -0.134. The first-order valence-corrected chi connectivity index (χ1v) is 9.56. The number of amides is 2. The molecule has 0 unspecified atom stereocenters. The summed E-state index contributed by atoms with van der Waals surface area (Å²) in [7, 11) is 0. The topological polar surface area (TPSA) is 49.4 Å². The molecule has 5 rings (SSSR count). The molecule has 5 aliphatic rings. The monoisotopic (exact) mass is 318 g/mol. The Morgan fingerprint density at radius 3 is 2.00 bits per heavy atom. The highest BCUT2D eigenvalue weighted by molar-refractivity contribution is 5.79. The van der Waals surface area contributed by atoms with Gasteiger partial charge in [-0.2, -0.15) is 0 Å². The third-order valence-corrected chi connectivity index (χ3v) is 7.11. The minimum absolute atomic E-state index is 0.111. The van der Waals surface area contributed by atoms with Gasteiger partial charge in [-0.3, -0.25) is 9.59 Å². The maximum Gasteiger partial charge on any atom is 0.223 e. The summed E-state index contributed by atoms with van der Waals surface area (Å²) in [5.41, 5.74) is 0.421. The Kier molecular flexibility index (Phi) is 3.89. The van der Waals surface area contributed by atoms with Crippen molar-refractivity contribution in [3.05, 3.63) is 0 Å². The Bertz CT molecular complexity index is 458. The summed E-state index contributed by atoms with van der Waals surface area (Å²) in [5.74, 6) is 3.31. The van der Waals surface area contributed by atoms with Crippen LogP contribution in [0.25, 0.3) is 0 Å². The van der Waals surface area contributed by atoms with Crippen molar-refractivity contribution in [3.63, 3.8) is 0 Å². The fourth-order valence-electron chi connectivity index (χ4n) is 6.38. The fourth-order valence-corrected chi connectivity index (χ4v) is 6.38. The molecule has 0 aromatic carbocycles. The molecule has 23 heavy (non-hydrogen) atoms. The molecule has 5 fully saturated rings. The third kappa shape index (κ3) is 3.01. The minimum Gasteiger partial charge on any atom is -0.355 e. The molecule has 0 spiro atoms. The van der Waals surface area contributed by atoms with E-state index in [0.29, 0.717) is 5.41 Å². The molecule has 1 N–H and O–H groups in total. The van der Waals surface area contributed by atoms with E-state index < -0.39 is 0 Å². The van der Waals surface area contributed by atoms with Gasteiger partial charge in [0.25, 0.3) is 0 Å². The molecule has 0 atom stereocenters. The maximum atomic E-state index is 12.6. The SMILES string of the molecule is CC(=O)N1CCC(C(=O)NCC23CC4CC(CC(C4)C2)C3)CC1. The number of piperidine rings is 1. The fraction of sp³-hybridized carbons (Fsp3) is 0.895. The van der Waals surface area contributed by atoms with Crippen LogP contribution >= 0.6 is 0 Å². The molecule has 4 nitrogen and oxygen atoms in total. The standard InChI is InChI=1S/C19H30N2O2/c1-13(22)21-4-2-17(3-5-21)18(23)20-12-19-9-14-6-15(10-19)8-16(7-14)11-19/h14-17H,2-12H2,1H3,(H,20,23). The molecule has 4 aliphatic carbocycles. The van der Waals surface area contributed by atoms with E-state index >= 15 is 0 Å². The van der Waals surface area contributed by atoms with Crippen LogP contribution in [0, 0.1) is 29.1 Å². The van der Waals surface area contributed by atoms with Crippen molar-refractivity contribution in [2.75, 3.05) is 19.6 Å². The summed E-state index contributed by atoms with van der Waals surface area (Å²) in [6.45, 7) is 4.01. The molecule has 1 aliphatic heterocycles. The smallest absolute Gasteiger partial charge is 0.223 e. The van der Waals surface area contributed by atoms with Crippen LogP contribution < -0.4 is 5.32 Å². The first-order chi connectivity index (χ1) is 11.0. The molecule has 1 heterocycles. The summed E-state index contributed by atoms with van der Waals surface area (Å²) in [6.07, 6.45) is 10.1. The van der Waals surface area contributed by atoms with Crippen molar-refractivity contribution in [2.45, 2.75) is 58.3 Å². The molecule has 0 radical (unpaired) electrons. The summed E-state index contributed by atoms with van der Waals surface area (Å²) >= 11 is 0. The molecule has 0 aromatic heterocycles. The largest absolute Gasteiger partial charge is 0.355 e. The number of hydrogen-bond acceptors (Lipinski definition) is 2. The van der Waals surface area contributed by atoms with Crippen LogP contribution in [0.4, 0.5) is 0 Å². The number of nitrogens with zero attached hydrogens (tertiary/aromatic N) is 1. The summed E-state index contributed by atoms with van der Waals surface area (Å²) in [4.78, 5) is 25.8. The number of carbonyl (C=O) groups is 2. The van der Waals surface area contributed by atoms with Gasteiger partial charge in [-0.05, 0) is 74.5 Å². The predicted molar refractivity (Wildman–Crippen MR) is 88.6 cm³/mol. The molecular formula is C19H30N2O2. The molecule has 4 heteroatoms. The molecule has 4 saturated carbocycles. The molecular weight excluding hydrogens is 288 g/mol. The van der Waals surface area contributed by atoms with E-state index in [2.05, 4.69) is 5.32 Å². The van der Waals surface area contributed by atoms with Crippen LogP contribution in [0.3, 0.4) is 0 Å². The third-order valence-electron chi connectivity index (χ3n) is 7.11. The Hall–Kier alpha value is -1.06. The molecule has 2 amide bonds. The van der Waals surface area contributed by atoms with Crippen molar-refractivity contribution in [1.82, 2.24) is 10.2 Å². The lowest BCUT2D eigenvalue weighted by Gasteiger charge is -2.57. The van der Waals surface area contributed by atoms with Crippen LogP contribution in [0.1, 0.15) is 58.3 Å². The van der Waals surface area contributed by atoms with Gasteiger partial charge >= 0.3 is 0 Å². The highest BCUT2D eigenvalue weighted by atomic mass is 16.2. The average molecular weight is 318 g/mol. The minimum atomic E-state index is 0.111. The van der Waals surface area contributed by atoms with Crippen LogP contribution in [-0.2, 0) is 9.59 Å². The second-order valence-corrected chi connectivity index (χ2v) is 8.92. The second kappa shape index (κ2) is 5.78. The van der Waals surface area contributed by atoms with Crippen molar-refractivity contribution in [1.29, 1.82) is 0 Å². The number of hydrogen-bond donors (Lipinski definition) is 1. The average Bonchev–Trinajstić information content (AvgIpc) is 2.51. The summed E-state index contributed by atoms with van der Waals surface area (Å²) in [6, 6.07) is 0. The van der Waals surface area contributed by atoms with Crippen LogP contribution in [0.15, 0.2) is 0 Å². The van der Waals surface area contributed by atoms with Crippen LogP contribution in [0.2, 0.25) is 0 Å². The van der Waals surface area contributed by atoms with Gasteiger partial charge in [-0.1, -0.05) is 0 Å². The first kappa shape index (κ1) is 15.5. The maximum absolute atomic E-state index is 12.6. The van der Waals surface area contributed by atoms with Crippen molar-refractivity contribution in [2.24, 2.45) is 29.1 Å². The Morgan fingerprint density at radius 2 is 1.52 bits per heavy atom. The highest BCUT2D eigenvalue weighted by Gasteiger charge is 2.50. The molecule has 0 aromatic rings. The number of carbonyl (C=O) groups excluding carboxylic acids is 2. The van der Waals surface area contributed by atoms with Gasteiger partial charge in [0.15, 0.2) is 0 Å². The van der Waals surface area contributed by atoms with E-state index in [4.69, 9.17) is 0 Å². The number of nitrogens with one attached hydrogen (secondary N) is 1. The van der Waals surface area contributed by atoms with Gasteiger partial charge in [0.1, 0.15) is 0 Å².